The third-order valence-corrected chi connectivity index (χ3v) is 3.02. The molecule has 0 unspecified atom stereocenters. The molecule has 2 N–H and O–H groups in total. The fraction of sp³-hybridized carbons (Fsp3) is 0.400. The lowest BCUT2D eigenvalue weighted by Gasteiger charge is -2.13. The van der Waals surface area contributed by atoms with Crippen LogP contribution in [-0.2, 0) is 20.2 Å². The number of hydrogen-bond acceptors (Lipinski definition) is 4. The maximum atomic E-state index is 5.85. The zero-order valence-electron chi connectivity index (χ0n) is 12.0. The van der Waals surface area contributed by atoms with Crippen molar-refractivity contribution in [3.8, 4) is 11.5 Å². The second kappa shape index (κ2) is 6.96. The minimum absolute atomic E-state index is 0.439. The van der Waals surface area contributed by atoms with Gasteiger partial charge in [-0.1, -0.05) is 13.0 Å². The third kappa shape index (κ3) is 3.51. The minimum Gasteiger partial charge on any atom is -0.493 e. The van der Waals surface area contributed by atoms with Crippen molar-refractivity contribution in [2.45, 2.75) is 26.5 Å². The second-order valence-corrected chi connectivity index (χ2v) is 4.61. The fourth-order valence-electron chi connectivity index (χ4n) is 1.82. The summed E-state index contributed by atoms with van der Waals surface area (Å²) in [4.78, 5) is 4.07. The van der Waals surface area contributed by atoms with Crippen LogP contribution in [0.3, 0.4) is 0 Å². The largest absolute Gasteiger partial charge is 0.493 e. The first-order valence-corrected chi connectivity index (χ1v) is 6.78. The molecule has 0 fully saturated rings. The first-order chi connectivity index (χ1) is 9.74. The van der Waals surface area contributed by atoms with E-state index >= 15 is 0 Å². The highest BCUT2D eigenvalue weighted by atomic mass is 16.5. The van der Waals surface area contributed by atoms with Gasteiger partial charge in [-0.2, -0.15) is 0 Å². The third-order valence-electron chi connectivity index (χ3n) is 3.02. The van der Waals surface area contributed by atoms with Gasteiger partial charge in [0.15, 0.2) is 0 Å². The standard InChI is InChI=1S/C15H21N3O2/c1-3-6-19-14-5-4-12(8-16)15(7-14)20-10-13-9-17-11-18(13)2/h4-5,7,9,11H,3,6,8,10,16H2,1-2H3. The van der Waals surface area contributed by atoms with E-state index < -0.39 is 0 Å². The van der Waals surface area contributed by atoms with Crippen molar-refractivity contribution in [3.05, 3.63) is 42.0 Å². The lowest BCUT2D eigenvalue weighted by atomic mass is 10.2. The first kappa shape index (κ1) is 14.4. The maximum Gasteiger partial charge on any atom is 0.130 e. The average molecular weight is 275 g/mol. The zero-order chi connectivity index (χ0) is 14.4. The summed E-state index contributed by atoms with van der Waals surface area (Å²) >= 11 is 0. The smallest absolute Gasteiger partial charge is 0.130 e. The van der Waals surface area contributed by atoms with E-state index in [0.717, 1.165) is 29.2 Å². The number of benzene rings is 1. The highest BCUT2D eigenvalue weighted by molar-refractivity contribution is 5.40. The molecule has 0 amide bonds. The van der Waals surface area contributed by atoms with E-state index in [1.807, 2.05) is 29.8 Å². The highest BCUT2D eigenvalue weighted by Gasteiger charge is 2.07. The Morgan fingerprint density at radius 2 is 2.15 bits per heavy atom. The molecule has 0 saturated heterocycles. The lowest BCUT2D eigenvalue weighted by Crippen LogP contribution is -2.06. The maximum absolute atomic E-state index is 5.85. The van der Waals surface area contributed by atoms with Crippen molar-refractivity contribution < 1.29 is 9.47 Å². The normalized spacial score (nSPS) is 10.6. The number of rotatable bonds is 7. The Morgan fingerprint density at radius 3 is 2.80 bits per heavy atom. The molecule has 0 saturated carbocycles. The van der Waals surface area contributed by atoms with E-state index in [0.29, 0.717) is 19.8 Å². The molecule has 0 spiro atoms. The Balaban J connectivity index is 2.09. The number of ether oxygens (including phenoxy) is 2. The van der Waals surface area contributed by atoms with Crippen molar-refractivity contribution >= 4 is 0 Å². The summed E-state index contributed by atoms with van der Waals surface area (Å²) in [5.74, 6) is 1.58. The molecule has 5 nitrogen and oxygen atoms in total. The van der Waals surface area contributed by atoms with Gasteiger partial charge in [0.2, 0.25) is 0 Å². The summed E-state index contributed by atoms with van der Waals surface area (Å²) in [5.41, 5.74) is 7.72. The van der Waals surface area contributed by atoms with Crippen molar-refractivity contribution in [2.24, 2.45) is 12.8 Å². The van der Waals surface area contributed by atoms with Crippen LogP contribution in [0.5, 0.6) is 11.5 Å². The van der Waals surface area contributed by atoms with Crippen LogP contribution in [-0.4, -0.2) is 16.2 Å². The topological polar surface area (TPSA) is 62.3 Å². The molecule has 5 heteroatoms. The van der Waals surface area contributed by atoms with Crippen LogP contribution in [0.4, 0.5) is 0 Å². The molecular formula is C15H21N3O2. The molecule has 2 aromatic rings. The van der Waals surface area contributed by atoms with Gasteiger partial charge in [0.05, 0.1) is 24.8 Å². The van der Waals surface area contributed by atoms with Gasteiger partial charge in [0.25, 0.3) is 0 Å². The van der Waals surface area contributed by atoms with Crippen LogP contribution in [0, 0.1) is 0 Å². The number of imidazole rings is 1. The molecule has 0 radical (unpaired) electrons. The van der Waals surface area contributed by atoms with Gasteiger partial charge in [-0.15, -0.1) is 0 Å². The zero-order valence-corrected chi connectivity index (χ0v) is 12.0. The monoisotopic (exact) mass is 275 g/mol. The molecule has 0 aliphatic rings. The second-order valence-electron chi connectivity index (χ2n) is 4.61. The molecule has 108 valence electrons. The molecule has 1 aromatic heterocycles. The number of aromatic nitrogens is 2. The molecule has 2 rings (SSSR count). The van der Waals surface area contributed by atoms with Gasteiger partial charge in [-0.3, -0.25) is 0 Å². The fourth-order valence-corrected chi connectivity index (χ4v) is 1.82. The molecule has 0 aliphatic carbocycles. The molecule has 0 aliphatic heterocycles. The van der Waals surface area contributed by atoms with Crippen LogP contribution in [0.15, 0.2) is 30.7 Å². The molecule has 1 heterocycles. The van der Waals surface area contributed by atoms with Crippen molar-refractivity contribution in [2.75, 3.05) is 6.61 Å². The average Bonchev–Trinajstić information content (AvgIpc) is 2.88. The van der Waals surface area contributed by atoms with Crippen molar-refractivity contribution in [1.82, 2.24) is 9.55 Å². The SMILES string of the molecule is CCCOc1ccc(CN)c(OCc2cncn2C)c1. The predicted molar refractivity (Wildman–Crippen MR) is 77.7 cm³/mol. The summed E-state index contributed by atoms with van der Waals surface area (Å²) in [6, 6.07) is 5.77. The summed E-state index contributed by atoms with van der Waals surface area (Å²) in [5, 5.41) is 0. The van der Waals surface area contributed by atoms with Crippen molar-refractivity contribution in [3.63, 3.8) is 0 Å². The van der Waals surface area contributed by atoms with Crippen LogP contribution < -0.4 is 15.2 Å². The Kier molecular flexibility index (Phi) is 5.01. The summed E-state index contributed by atoms with van der Waals surface area (Å²) in [7, 11) is 1.94. The van der Waals surface area contributed by atoms with Gasteiger partial charge in [0.1, 0.15) is 18.1 Å². The van der Waals surface area contributed by atoms with Gasteiger partial charge >= 0.3 is 0 Å². The number of hydrogen-bond donors (Lipinski definition) is 1. The summed E-state index contributed by atoms with van der Waals surface area (Å²) in [6.45, 7) is 3.67. The van der Waals surface area contributed by atoms with Gasteiger partial charge in [0, 0.05) is 25.2 Å². The molecule has 0 atom stereocenters. The van der Waals surface area contributed by atoms with E-state index in [1.54, 1.807) is 12.5 Å². The molecular weight excluding hydrogens is 254 g/mol. The van der Waals surface area contributed by atoms with E-state index in [2.05, 4.69) is 11.9 Å². The number of nitrogens with zero attached hydrogens (tertiary/aromatic N) is 2. The minimum atomic E-state index is 0.439. The van der Waals surface area contributed by atoms with Crippen molar-refractivity contribution in [1.29, 1.82) is 0 Å². The van der Waals surface area contributed by atoms with Crippen LogP contribution in [0.1, 0.15) is 24.6 Å². The Bertz CT molecular complexity index is 552. The van der Waals surface area contributed by atoms with Gasteiger partial charge in [-0.05, 0) is 12.5 Å². The Hall–Kier alpha value is -2.01. The number of nitrogens with two attached hydrogens (primary N) is 1. The summed E-state index contributed by atoms with van der Waals surface area (Å²) in [6.07, 6.45) is 4.52. The first-order valence-electron chi connectivity index (χ1n) is 6.78. The van der Waals surface area contributed by atoms with Crippen LogP contribution >= 0.6 is 0 Å². The number of aryl methyl sites for hydroxylation is 1. The molecule has 1 aromatic carbocycles. The molecule has 20 heavy (non-hydrogen) atoms. The quantitative estimate of drug-likeness (QED) is 0.842. The van der Waals surface area contributed by atoms with E-state index in [9.17, 15) is 0 Å². The highest BCUT2D eigenvalue weighted by Crippen LogP contribution is 2.25. The van der Waals surface area contributed by atoms with Gasteiger partial charge in [-0.25, -0.2) is 4.98 Å². The Labute approximate surface area is 119 Å². The van der Waals surface area contributed by atoms with E-state index in [1.165, 1.54) is 0 Å². The lowest BCUT2D eigenvalue weighted by molar-refractivity contribution is 0.286. The van der Waals surface area contributed by atoms with Crippen LogP contribution in [0.2, 0.25) is 0 Å². The van der Waals surface area contributed by atoms with Crippen LogP contribution in [0.25, 0.3) is 0 Å². The Morgan fingerprint density at radius 1 is 1.30 bits per heavy atom. The van der Waals surface area contributed by atoms with E-state index in [4.69, 9.17) is 15.2 Å². The predicted octanol–water partition coefficient (Wildman–Crippen LogP) is 2.25. The van der Waals surface area contributed by atoms with Gasteiger partial charge < -0.3 is 19.8 Å². The molecule has 0 bridgehead atoms. The van der Waals surface area contributed by atoms with E-state index in [-0.39, 0.29) is 0 Å². The summed E-state index contributed by atoms with van der Waals surface area (Å²) < 4.78 is 13.4.